The maximum absolute atomic E-state index is 3.70. The first-order valence-electron chi connectivity index (χ1n) is 6.80. The molecule has 96 valence electrons. The quantitative estimate of drug-likeness (QED) is 0.775. The Bertz CT molecular complexity index is 199. The molecule has 2 unspecified atom stereocenters. The third-order valence-electron chi connectivity index (χ3n) is 4.08. The van der Waals surface area contributed by atoms with Gasteiger partial charge in [-0.2, -0.15) is 0 Å². The van der Waals surface area contributed by atoms with Crippen molar-refractivity contribution < 1.29 is 0 Å². The molecular weight excluding hydrogens is 196 g/mol. The van der Waals surface area contributed by atoms with Crippen molar-refractivity contribution in [1.29, 1.82) is 0 Å². The minimum atomic E-state index is 0.545. The van der Waals surface area contributed by atoms with Crippen molar-refractivity contribution in [3.05, 3.63) is 0 Å². The van der Waals surface area contributed by atoms with Crippen LogP contribution in [0.5, 0.6) is 0 Å². The lowest BCUT2D eigenvalue weighted by molar-refractivity contribution is 0.131. The standard InChI is InChI=1S/C14H30N2/c1-12(11-16(4)5)15-10-13-8-6-7-9-14(13,2)3/h12-13,15H,6-11H2,1-5H3. The third kappa shape index (κ3) is 4.42. The Kier molecular flexibility index (Phi) is 5.26. The van der Waals surface area contributed by atoms with E-state index < -0.39 is 0 Å². The maximum Gasteiger partial charge on any atom is 0.0166 e. The van der Waals surface area contributed by atoms with Gasteiger partial charge in [-0.1, -0.05) is 26.7 Å². The number of likely N-dealkylation sites (N-methyl/N-ethyl adjacent to an activating group) is 1. The van der Waals surface area contributed by atoms with E-state index in [0.29, 0.717) is 11.5 Å². The van der Waals surface area contributed by atoms with Crippen molar-refractivity contribution in [3.63, 3.8) is 0 Å². The minimum Gasteiger partial charge on any atom is -0.313 e. The number of nitrogens with zero attached hydrogens (tertiary/aromatic N) is 1. The highest BCUT2D eigenvalue weighted by molar-refractivity contribution is 4.84. The van der Waals surface area contributed by atoms with Crippen LogP contribution in [0.1, 0.15) is 46.5 Å². The Labute approximate surface area is 102 Å². The van der Waals surface area contributed by atoms with Gasteiger partial charge in [-0.3, -0.25) is 0 Å². The molecule has 0 radical (unpaired) electrons. The molecule has 0 aromatic rings. The summed E-state index contributed by atoms with van der Waals surface area (Å²) < 4.78 is 0. The van der Waals surface area contributed by atoms with E-state index in [1.165, 1.54) is 32.2 Å². The van der Waals surface area contributed by atoms with E-state index in [2.05, 4.69) is 45.1 Å². The summed E-state index contributed by atoms with van der Waals surface area (Å²) >= 11 is 0. The van der Waals surface area contributed by atoms with Crippen molar-refractivity contribution in [3.8, 4) is 0 Å². The number of hydrogen-bond donors (Lipinski definition) is 1. The molecule has 0 aliphatic heterocycles. The molecule has 1 fully saturated rings. The topological polar surface area (TPSA) is 15.3 Å². The average Bonchev–Trinajstić information content (AvgIpc) is 2.14. The van der Waals surface area contributed by atoms with E-state index in [9.17, 15) is 0 Å². The maximum atomic E-state index is 3.70. The van der Waals surface area contributed by atoms with Crippen LogP contribution in [0.25, 0.3) is 0 Å². The molecule has 1 N–H and O–H groups in total. The Balaban J connectivity index is 2.30. The van der Waals surface area contributed by atoms with Crippen LogP contribution in [0.2, 0.25) is 0 Å². The van der Waals surface area contributed by atoms with Gasteiger partial charge in [0.05, 0.1) is 0 Å². The molecule has 0 spiro atoms. The van der Waals surface area contributed by atoms with Gasteiger partial charge in [0.15, 0.2) is 0 Å². The van der Waals surface area contributed by atoms with Crippen LogP contribution in [-0.4, -0.2) is 38.1 Å². The van der Waals surface area contributed by atoms with Gasteiger partial charge >= 0.3 is 0 Å². The lowest BCUT2D eigenvalue weighted by Gasteiger charge is -2.39. The molecule has 0 heterocycles. The summed E-state index contributed by atoms with van der Waals surface area (Å²) in [7, 11) is 4.28. The van der Waals surface area contributed by atoms with Crippen LogP contribution < -0.4 is 5.32 Å². The van der Waals surface area contributed by atoms with Crippen molar-refractivity contribution in [2.75, 3.05) is 27.2 Å². The molecule has 0 aromatic carbocycles. The first-order valence-corrected chi connectivity index (χ1v) is 6.80. The summed E-state index contributed by atoms with van der Waals surface area (Å²) in [6.45, 7) is 9.50. The lowest BCUT2D eigenvalue weighted by atomic mass is 9.69. The minimum absolute atomic E-state index is 0.545. The number of nitrogens with one attached hydrogen (secondary N) is 1. The molecule has 1 rings (SSSR count). The van der Waals surface area contributed by atoms with Crippen molar-refractivity contribution >= 4 is 0 Å². The second-order valence-corrected chi connectivity index (χ2v) is 6.50. The van der Waals surface area contributed by atoms with Crippen LogP contribution in [0.4, 0.5) is 0 Å². The summed E-state index contributed by atoms with van der Waals surface area (Å²) in [6, 6.07) is 0.604. The van der Waals surface area contributed by atoms with Crippen molar-refractivity contribution in [1.82, 2.24) is 10.2 Å². The molecule has 1 aliphatic rings. The first-order chi connectivity index (χ1) is 7.42. The Morgan fingerprint density at radius 1 is 1.31 bits per heavy atom. The van der Waals surface area contributed by atoms with Crippen LogP contribution in [0, 0.1) is 11.3 Å². The molecule has 0 bridgehead atoms. The van der Waals surface area contributed by atoms with E-state index in [1.54, 1.807) is 0 Å². The van der Waals surface area contributed by atoms with Gasteiger partial charge in [0, 0.05) is 12.6 Å². The highest BCUT2D eigenvalue weighted by Crippen LogP contribution is 2.39. The fourth-order valence-corrected chi connectivity index (χ4v) is 2.90. The first kappa shape index (κ1) is 14.0. The zero-order valence-electron chi connectivity index (χ0n) is 11.8. The fourth-order valence-electron chi connectivity index (χ4n) is 2.90. The summed E-state index contributed by atoms with van der Waals surface area (Å²) in [5.74, 6) is 0.867. The molecule has 0 amide bonds. The molecule has 16 heavy (non-hydrogen) atoms. The Hall–Kier alpha value is -0.0800. The van der Waals surface area contributed by atoms with Gasteiger partial charge < -0.3 is 10.2 Å². The average molecular weight is 226 g/mol. The molecular formula is C14H30N2. The van der Waals surface area contributed by atoms with E-state index in [4.69, 9.17) is 0 Å². The van der Waals surface area contributed by atoms with E-state index in [0.717, 1.165) is 12.5 Å². The largest absolute Gasteiger partial charge is 0.313 e. The van der Waals surface area contributed by atoms with E-state index >= 15 is 0 Å². The summed E-state index contributed by atoms with van der Waals surface area (Å²) in [4.78, 5) is 2.25. The van der Waals surface area contributed by atoms with Crippen molar-refractivity contribution in [2.45, 2.75) is 52.5 Å². The molecule has 2 heteroatoms. The third-order valence-corrected chi connectivity index (χ3v) is 4.08. The van der Waals surface area contributed by atoms with Crippen LogP contribution in [0.15, 0.2) is 0 Å². The SMILES string of the molecule is CC(CN(C)C)NCC1CCCCC1(C)C. The monoisotopic (exact) mass is 226 g/mol. The Morgan fingerprint density at radius 3 is 2.56 bits per heavy atom. The molecule has 0 aromatic heterocycles. The molecule has 2 nitrogen and oxygen atoms in total. The van der Waals surface area contributed by atoms with Gasteiger partial charge in [-0.05, 0) is 51.7 Å². The van der Waals surface area contributed by atoms with Gasteiger partial charge in [0.1, 0.15) is 0 Å². The molecule has 0 saturated heterocycles. The zero-order chi connectivity index (χ0) is 12.2. The van der Waals surface area contributed by atoms with Gasteiger partial charge in [-0.15, -0.1) is 0 Å². The molecule has 1 aliphatic carbocycles. The van der Waals surface area contributed by atoms with Crippen LogP contribution in [-0.2, 0) is 0 Å². The van der Waals surface area contributed by atoms with Gasteiger partial charge in [0.2, 0.25) is 0 Å². The molecule has 1 saturated carbocycles. The van der Waals surface area contributed by atoms with Crippen molar-refractivity contribution in [2.24, 2.45) is 11.3 Å². The number of rotatable bonds is 5. The highest BCUT2D eigenvalue weighted by atomic mass is 15.1. The zero-order valence-corrected chi connectivity index (χ0v) is 11.8. The lowest BCUT2D eigenvalue weighted by Crippen LogP contribution is -2.42. The van der Waals surface area contributed by atoms with Gasteiger partial charge in [0.25, 0.3) is 0 Å². The smallest absolute Gasteiger partial charge is 0.0166 e. The normalized spacial score (nSPS) is 27.0. The van der Waals surface area contributed by atoms with E-state index in [1.807, 2.05) is 0 Å². The second-order valence-electron chi connectivity index (χ2n) is 6.50. The second kappa shape index (κ2) is 6.02. The van der Waals surface area contributed by atoms with Crippen LogP contribution in [0.3, 0.4) is 0 Å². The highest BCUT2D eigenvalue weighted by Gasteiger charge is 2.31. The molecule has 2 atom stereocenters. The summed E-state index contributed by atoms with van der Waals surface area (Å²) in [5, 5.41) is 3.70. The van der Waals surface area contributed by atoms with Crippen LogP contribution >= 0.6 is 0 Å². The fraction of sp³-hybridized carbons (Fsp3) is 1.00. The Morgan fingerprint density at radius 2 is 2.00 bits per heavy atom. The summed E-state index contributed by atoms with van der Waals surface area (Å²) in [5.41, 5.74) is 0.545. The predicted octanol–water partition coefficient (Wildman–Crippen LogP) is 2.74. The predicted molar refractivity (Wildman–Crippen MR) is 71.8 cm³/mol. The van der Waals surface area contributed by atoms with Gasteiger partial charge in [-0.25, -0.2) is 0 Å². The summed E-state index contributed by atoms with van der Waals surface area (Å²) in [6.07, 6.45) is 5.67. The van der Waals surface area contributed by atoms with E-state index in [-0.39, 0.29) is 0 Å². The number of hydrogen-bond acceptors (Lipinski definition) is 2.